The molecule has 3 aromatic rings. The maximum atomic E-state index is 13.2. The highest BCUT2D eigenvalue weighted by atomic mass is 35.5. The summed E-state index contributed by atoms with van der Waals surface area (Å²) in [6.07, 6.45) is -4.53. The van der Waals surface area contributed by atoms with Gasteiger partial charge in [-0.05, 0) is 30.3 Å². The summed E-state index contributed by atoms with van der Waals surface area (Å²) >= 11 is 7.23. The lowest BCUT2D eigenvalue weighted by Gasteiger charge is -2.13. The minimum absolute atomic E-state index is 0.0959. The van der Waals surface area contributed by atoms with Crippen LogP contribution in [0.3, 0.4) is 0 Å². The smallest absolute Gasteiger partial charge is 0.342 e. The van der Waals surface area contributed by atoms with Gasteiger partial charge >= 0.3 is 6.18 Å². The van der Waals surface area contributed by atoms with E-state index in [0.717, 1.165) is 23.9 Å². The number of nitriles is 1. The van der Waals surface area contributed by atoms with Crippen LogP contribution in [-0.2, 0) is 11.0 Å². The summed E-state index contributed by atoms with van der Waals surface area (Å²) in [7, 11) is 0. The number of nitrogens with zero attached hydrogens (tertiary/aromatic N) is 4. The molecule has 0 saturated heterocycles. The SMILES string of the molecule is N#CCNC(=O)CSc1nnc(-c2ccccc2Cl)n1-c1cccc(C(F)(F)F)c1. The van der Waals surface area contributed by atoms with Gasteiger partial charge in [-0.2, -0.15) is 18.4 Å². The summed E-state index contributed by atoms with van der Waals surface area (Å²) in [6, 6.07) is 13.2. The van der Waals surface area contributed by atoms with Gasteiger partial charge in [0.15, 0.2) is 11.0 Å². The largest absolute Gasteiger partial charge is 0.416 e. The summed E-state index contributed by atoms with van der Waals surface area (Å²) in [4.78, 5) is 11.8. The van der Waals surface area contributed by atoms with Gasteiger partial charge < -0.3 is 5.32 Å². The van der Waals surface area contributed by atoms with Crippen LogP contribution in [0.4, 0.5) is 13.2 Å². The van der Waals surface area contributed by atoms with Crippen LogP contribution in [0.2, 0.25) is 5.02 Å². The predicted molar refractivity (Wildman–Crippen MR) is 106 cm³/mol. The monoisotopic (exact) mass is 451 g/mol. The minimum atomic E-state index is -4.53. The number of rotatable bonds is 6. The number of amides is 1. The summed E-state index contributed by atoms with van der Waals surface area (Å²) in [5.41, 5.74) is -0.184. The number of aromatic nitrogens is 3. The highest BCUT2D eigenvalue weighted by molar-refractivity contribution is 7.99. The van der Waals surface area contributed by atoms with E-state index in [1.807, 2.05) is 0 Å². The van der Waals surface area contributed by atoms with Crippen molar-refractivity contribution >= 4 is 29.3 Å². The van der Waals surface area contributed by atoms with Gasteiger partial charge in [-0.1, -0.05) is 41.6 Å². The Hall–Kier alpha value is -3.03. The molecule has 1 aromatic heterocycles. The summed E-state index contributed by atoms with van der Waals surface area (Å²) in [6.45, 7) is -0.148. The standard InChI is InChI=1S/C19H13ClF3N5OS/c20-15-7-2-1-6-14(15)17-26-27-18(30-11-16(29)25-9-8-24)28(17)13-5-3-4-12(10-13)19(21,22)23/h1-7,10H,9,11H2,(H,25,29). The maximum Gasteiger partial charge on any atom is 0.416 e. The fraction of sp³-hybridized carbons (Fsp3) is 0.158. The first-order valence-corrected chi connectivity index (χ1v) is 9.82. The van der Waals surface area contributed by atoms with E-state index in [0.29, 0.717) is 10.6 Å². The fourth-order valence-electron chi connectivity index (χ4n) is 2.55. The summed E-state index contributed by atoms with van der Waals surface area (Å²) in [5, 5.41) is 19.6. The Morgan fingerprint density at radius 3 is 2.67 bits per heavy atom. The maximum absolute atomic E-state index is 13.2. The lowest BCUT2D eigenvalue weighted by molar-refractivity contribution is -0.137. The molecule has 0 saturated carbocycles. The summed E-state index contributed by atoms with van der Waals surface area (Å²) < 4.78 is 41.1. The van der Waals surface area contributed by atoms with Crippen LogP contribution in [0, 0.1) is 11.3 Å². The van der Waals surface area contributed by atoms with Crippen molar-refractivity contribution in [3.05, 3.63) is 59.1 Å². The van der Waals surface area contributed by atoms with Crippen molar-refractivity contribution in [1.82, 2.24) is 20.1 Å². The zero-order valence-corrected chi connectivity index (χ0v) is 16.7. The zero-order chi connectivity index (χ0) is 21.7. The van der Waals surface area contributed by atoms with E-state index in [2.05, 4.69) is 15.5 Å². The molecule has 0 spiro atoms. The van der Waals surface area contributed by atoms with Gasteiger partial charge in [0, 0.05) is 5.56 Å². The highest BCUT2D eigenvalue weighted by Crippen LogP contribution is 2.34. The Morgan fingerprint density at radius 1 is 1.20 bits per heavy atom. The molecule has 1 heterocycles. The first-order valence-electron chi connectivity index (χ1n) is 8.45. The average molecular weight is 452 g/mol. The van der Waals surface area contributed by atoms with Gasteiger partial charge in [0.1, 0.15) is 6.54 Å². The van der Waals surface area contributed by atoms with E-state index in [4.69, 9.17) is 16.9 Å². The molecule has 0 bridgehead atoms. The van der Waals surface area contributed by atoms with Crippen molar-refractivity contribution in [2.45, 2.75) is 11.3 Å². The topological polar surface area (TPSA) is 83.6 Å². The Kier molecular flexibility index (Phi) is 6.64. The first kappa shape index (κ1) is 21.7. The quantitative estimate of drug-likeness (QED) is 0.445. The average Bonchev–Trinajstić information content (AvgIpc) is 3.14. The fourth-order valence-corrected chi connectivity index (χ4v) is 3.56. The molecule has 3 rings (SSSR count). The van der Waals surface area contributed by atoms with Gasteiger partial charge in [-0.25, -0.2) is 0 Å². The summed E-state index contributed by atoms with van der Waals surface area (Å²) in [5.74, 6) is -0.277. The Labute approximate surface area is 178 Å². The van der Waals surface area contributed by atoms with Gasteiger partial charge in [-0.3, -0.25) is 9.36 Å². The number of carbonyl (C=O) groups excluding carboxylic acids is 1. The lowest BCUT2D eigenvalue weighted by Crippen LogP contribution is -2.25. The molecule has 0 radical (unpaired) electrons. The number of benzene rings is 2. The molecular weight excluding hydrogens is 439 g/mol. The number of thioether (sulfide) groups is 1. The van der Waals surface area contributed by atoms with Crippen LogP contribution >= 0.6 is 23.4 Å². The number of halogens is 4. The molecule has 6 nitrogen and oxygen atoms in total. The van der Waals surface area contributed by atoms with Crippen molar-refractivity contribution in [3.63, 3.8) is 0 Å². The van der Waals surface area contributed by atoms with E-state index in [-0.39, 0.29) is 29.0 Å². The van der Waals surface area contributed by atoms with Crippen molar-refractivity contribution in [2.24, 2.45) is 0 Å². The third kappa shape index (κ3) is 4.93. The van der Waals surface area contributed by atoms with Gasteiger partial charge in [0.25, 0.3) is 0 Å². The molecule has 30 heavy (non-hydrogen) atoms. The second-order valence-corrected chi connectivity index (χ2v) is 7.24. The van der Waals surface area contributed by atoms with E-state index in [9.17, 15) is 18.0 Å². The number of nitrogens with one attached hydrogen (secondary N) is 1. The van der Waals surface area contributed by atoms with Gasteiger partial charge in [-0.15, -0.1) is 10.2 Å². The molecule has 0 aliphatic heterocycles. The highest BCUT2D eigenvalue weighted by Gasteiger charge is 2.31. The van der Waals surface area contributed by atoms with Crippen LogP contribution in [0.1, 0.15) is 5.56 Å². The molecule has 154 valence electrons. The number of carbonyl (C=O) groups is 1. The second kappa shape index (κ2) is 9.19. The van der Waals surface area contributed by atoms with Gasteiger partial charge in [0.2, 0.25) is 5.91 Å². The number of hydrogen-bond donors (Lipinski definition) is 1. The number of hydrogen-bond acceptors (Lipinski definition) is 5. The molecular formula is C19H13ClF3N5OS. The van der Waals surface area contributed by atoms with E-state index in [1.54, 1.807) is 30.3 Å². The van der Waals surface area contributed by atoms with E-state index < -0.39 is 17.6 Å². The normalized spacial score (nSPS) is 11.2. The van der Waals surface area contributed by atoms with E-state index >= 15 is 0 Å². The lowest BCUT2D eigenvalue weighted by atomic mass is 10.1. The molecule has 0 unspecified atom stereocenters. The number of alkyl halides is 3. The second-order valence-electron chi connectivity index (χ2n) is 5.89. The molecule has 0 atom stereocenters. The Morgan fingerprint density at radius 2 is 1.97 bits per heavy atom. The zero-order valence-electron chi connectivity index (χ0n) is 15.2. The minimum Gasteiger partial charge on any atom is -0.342 e. The Balaban J connectivity index is 2.06. The van der Waals surface area contributed by atoms with Crippen LogP contribution in [0.25, 0.3) is 17.1 Å². The third-order valence-electron chi connectivity index (χ3n) is 3.88. The third-order valence-corrected chi connectivity index (χ3v) is 5.14. The van der Waals surface area contributed by atoms with Crippen LogP contribution < -0.4 is 5.32 Å². The molecule has 11 heteroatoms. The molecule has 0 fully saturated rings. The molecule has 1 amide bonds. The van der Waals surface area contributed by atoms with Crippen LogP contribution in [0.15, 0.2) is 53.7 Å². The van der Waals surface area contributed by atoms with Crippen molar-refractivity contribution in [2.75, 3.05) is 12.3 Å². The molecule has 2 aromatic carbocycles. The van der Waals surface area contributed by atoms with Crippen molar-refractivity contribution in [1.29, 1.82) is 5.26 Å². The van der Waals surface area contributed by atoms with E-state index in [1.165, 1.54) is 16.7 Å². The predicted octanol–water partition coefficient (Wildman–Crippen LogP) is 4.34. The van der Waals surface area contributed by atoms with Crippen molar-refractivity contribution < 1.29 is 18.0 Å². The molecule has 1 N–H and O–H groups in total. The molecule has 0 aliphatic carbocycles. The van der Waals surface area contributed by atoms with Gasteiger partial charge in [0.05, 0.1) is 28.1 Å². The van der Waals surface area contributed by atoms with Crippen LogP contribution in [0.5, 0.6) is 0 Å². The Bertz CT molecular complexity index is 1110. The van der Waals surface area contributed by atoms with Crippen molar-refractivity contribution in [3.8, 4) is 23.1 Å². The van der Waals surface area contributed by atoms with Crippen LogP contribution in [-0.4, -0.2) is 33.0 Å². The first-order chi connectivity index (χ1) is 14.3. The molecule has 0 aliphatic rings.